The molecule has 1 atom stereocenters. The Balaban J connectivity index is 0.000000211. The van der Waals surface area contributed by atoms with Crippen LogP contribution < -0.4 is 5.73 Å². The van der Waals surface area contributed by atoms with E-state index in [0.717, 1.165) is 30.0 Å². The van der Waals surface area contributed by atoms with Crippen LogP contribution in [-0.2, 0) is 4.79 Å². The molecule has 4 heterocycles. The first-order valence-corrected chi connectivity index (χ1v) is 12.0. The van der Waals surface area contributed by atoms with E-state index in [-0.39, 0.29) is 12.0 Å². The van der Waals surface area contributed by atoms with Gasteiger partial charge < -0.3 is 10.8 Å². The lowest BCUT2D eigenvalue weighted by molar-refractivity contribution is -0.141. The summed E-state index contributed by atoms with van der Waals surface area (Å²) >= 11 is 3.89. The number of aliphatic carboxylic acids is 1. The normalized spacial score (nSPS) is 19.4. The average Bonchev–Trinajstić information content (AvgIpc) is 3.17. The molecule has 0 aliphatic carbocycles. The third-order valence-electron chi connectivity index (χ3n) is 5.22. The third-order valence-corrected chi connectivity index (χ3v) is 7.31. The number of carboxylic acids is 1. The number of aromatic nitrogens is 3. The molecule has 28 heavy (non-hydrogen) atoms. The molecule has 2 aliphatic rings. The third kappa shape index (κ3) is 5.91. The van der Waals surface area contributed by atoms with Crippen LogP contribution in [0.3, 0.4) is 0 Å². The maximum atomic E-state index is 10.3. The van der Waals surface area contributed by atoms with Crippen LogP contribution >= 0.6 is 23.5 Å². The van der Waals surface area contributed by atoms with Gasteiger partial charge in [0.05, 0.1) is 23.8 Å². The fraction of sp³-hybridized carbons (Fsp3) is 0.550. The lowest BCUT2D eigenvalue weighted by Crippen LogP contribution is -2.25. The first-order valence-electron chi connectivity index (χ1n) is 9.73. The zero-order valence-electron chi connectivity index (χ0n) is 15.9. The van der Waals surface area contributed by atoms with Crippen LogP contribution in [0, 0.1) is 11.8 Å². The number of nitrogens with two attached hydrogens (primary N) is 1. The number of carbonyl (C=O) groups is 1. The molecule has 4 rings (SSSR count). The SMILES string of the molecule is Nc1cnn(C(c2cccnc2)C2CCSCC2)c1.O=C(O)C1CCSCC1. The number of nitrogen functional groups attached to an aromatic ring is 1. The van der Waals surface area contributed by atoms with E-state index in [2.05, 4.69) is 16.1 Å². The molecular weight excluding hydrogens is 392 g/mol. The van der Waals surface area contributed by atoms with Crippen molar-refractivity contribution in [2.75, 3.05) is 28.7 Å². The lowest BCUT2D eigenvalue weighted by atomic mass is 9.89. The summed E-state index contributed by atoms with van der Waals surface area (Å²) in [5.41, 5.74) is 7.77. The Bertz CT molecular complexity index is 729. The fourth-order valence-corrected chi connectivity index (χ4v) is 5.92. The van der Waals surface area contributed by atoms with Gasteiger partial charge in [-0.3, -0.25) is 14.5 Å². The smallest absolute Gasteiger partial charge is 0.306 e. The zero-order valence-corrected chi connectivity index (χ0v) is 17.6. The van der Waals surface area contributed by atoms with Gasteiger partial charge in [0, 0.05) is 18.6 Å². The average molecular weight is 421 g/mol. The van der Waals surface area contributed by atoms with Gasteiger partial charge in [-0.1, -0.05) is 6.07 Å². The highest BCUT2D eigenvalue weighted by molar-refractivity contribution is 7.99. The largest absolute Gasteiger partial charge is 0.481 e. The standard InChI is InChI=1S/C14H18N4S.C6H10O2S/c15-13-9-17-18(10-13)14(11-3-6-19-7-4-11)12-2-1-5-16-8-12;7-6(8)5-1-3-9-4-2-5/h1-2,5,8-11,14H,3-4,6-7,15H2;5H,1-4H2,(H,7,8). The maximum Gasteiger partial charge on any atom is 0.306 e. The summed E-state index contributed by atoms with van der Waals surface area (Å²) in [6.45, 7) is 0. The van der Waals surface area contributed by atoms with Crippen molar-refractivity contribution in [3.05, 3.63) is 42.5 Å². The molecule has 152 valence electrons. The Hall–Kier alpha value is -1.67. The fourth-order valence-electron chi connectivity index (χ4n) is 3.67. The molecule has 2 fully saturated rings. The van der Waals surface area contributed by atoms with Crippen molar-refractivity contribution in [3.63, 3.8) is 0 Å². The second kappa shape index (κ2) is 10.8. The van der Waals surface area contributed by atoms with E-state index in [1.54, 1.807) is 6.20 Å². The van der Waals surface area contributed by atoms with E-state index < -0.39 is 5.97 Å². The van der Waals surface area contributed by atoms with Crippen molar-refractivity contribution >= 4 is 35.2 Å². The van der Waals surface area contributed by atoms with Crippen LogP contribution in [0.4, 0.5) is 5.69 Å². The minimum absolute atomic E-state index is 0.0498. The molecule has 0 bridgehead atoms. The summed E-state index contributed by atoms with van der Waals surface area (Å²) in [7, 11) is 0. The van der Waals surface area contributed by atoms with E-state index >= 15 is 0 Å². The highest BCUT2D eigenvalue weighted by Crippen LogP contribution is 2.35. The van der Waals surface area contributed by atoms with Gasteiger partial charge in [-0.2, -0.15) is 28.6 Å². The van der Waals surface area contributed by atoms with Gasteiger partial charge in [-0.05, 0) is 66.2 Å². The Morgan fingerprint density at radius 2 is 1.82 bits per heavy atom. The minimum Gasteiger partial charge on any atom is -0.481 e. The predicted molar refractivity (Wildman–Crippen MR) is 117 cm³/mol. The summed E-state index contributed by atoms with van der Waals surface area (Å²) in [5.74, 6) is 4.47. The van der Waals surface area contributed by atoms with Gasteiger partial charge in [0.25, 0.3) is 0 Å². The van der Waals surface area contributed by atoms with Crippen LogP contribution in [0.15, 0.2) is 36.9 Å². The predicted octanol–water partition coefficient (Wildman–Crippen LogP) is 3.81. The number of hydrogen-bond acceptors (Lipinski definition) is 6. The molecule has 3 N–H and O–H groups in total. The Morgan fingerprint density at radius 3 is 2.32 bits per heavy atom. The molecule has 1 unspecified atom stereocenters. The highest BCUT2D eigenvalue weighted by atomic mass is 32.2. The molecule has 6 nitrogen and oxygen atoms in total. The Labute approximate surface area is 174 Å². The molecule has 2 saturated heterocycles. The molecule has 2 aliphatic heterocycles. The number of hydrogen-bond donors (Lipinski definition) is 2. The van der Waals surface area contributed by atoms with Crippen LogP contribution in [0.5, 0.6) is 0 Å². The number of pyridine rings is 1. The first-order chi connectivity index (χ1) is 13.6. The molecular formula is C20H28N4O2S2. The zero-order chi connectivity index (χ0) is 19.8. The van der Waals surface area contributed by atoms with E-state index in [1.165, 1.54) is 29.9 Å². The summed E-state index contributed by atoms with van der Waals surface area (Å²) < 4.78 is 2.01. The quantitative estimate of drug-likeness (QED) is 0.777. The molecule has 0 amide bonds. The summed E-state index contributed by atoms with van der Waals surface area (Å²) in [4.78, 5) is 14.6. The lowest BCUT2D eigenvalue weighted by Gasteiger charge is -2.30. The van der Waals surface area contributed by atoms with E-state index in [4.69, 9.17) is 10.8 Å². The van der Waals surface area contributed by atoms with Gasteiger partial charge >= 0.3 is 5.97 Å². The number of nitrogens with zero attached hydrogens (tertiary/aromatic N) is 3. The molecule has 2 aromatic heterocycles. The van der Waals surface area contributed by atoms with Gasteiger partial charge in [0.1, 0.15) is 0 Å². The van der Waals surface area contributed by atoms with Gasteiger partial charge in [0.15, 0.2) is 0 Å². The van der Waals surface area contributed by atoms with Crippen molar-refractivity contribution < 1.29 is 9.90 Å². The molecule has 8 heteroatoms. The second-order valence-corrected chi connectivity index (χ2v) is 9.61. The van der Waals surface area contributed by atoms with Gasteiger partial charge in [0.2, 0.25) is 0 Å². The second-order valence-electron chi connectivity index (χ2n) is 7.16. The van der Waals surface area contributed by atoms with Gasteiger partial charge in [-0.25, -0.2) is 0 Å². The van der Waals surface area contributed by atoms with E-state index in [9.17, 15) is 4.79 Å². The molecule has 0 spiro atoms. The molecule has 0 saturated carbocycles. The molecule has 0 aromatic carbocycles. The van der Waals surface area contributed by atoms with Crippen molar-refractivity contribution in [2.24, 2.45) is 11.8 Å². The monoisotopic (exact) mass is 420 g/mol. The van der Waals surface area contributed by atoms with Crippen molar-refractivity contribution in [2.45, 2.75) is 31.7 Å². The Morgan fingerprint density at radius 1 is 1.14 bits per heavy atom. The Kier molecular flexibility index (Phi) is 8.09. The van der Waals surface area contributed by atoms with Crippen LogP contribution in [0.1, 0.15) is 37.3 Å². The molecule has 0 radical (unpaired) electrons. The van der Waals surface area contributed by atoms with Crippen molar-refractivity contribution in [1.29, 1.82) is 0 Å². The van der Waals surface area contributed by atoms with Crippen molar-refractivity contribution in [1.82, 2.24) is 14.8 Å². The maximum absolute atomic E-state index is 10.3. The minimum atomic E-state index is -0.615. The van der Waals surface area contributed by atoms with Gasteiger partial charge in [-0.15, -0.1) is 0 Å². The highest BCUT2D eigenvalue weighted by Gasteiger charge is 2.27. The summed E-state index contributed by atoms with van der Waals surface area (Å²) in [6.07, 6.45) is 11.6. The number of anilines is 1. The van der Waals surface area contributed by atoms with Crippen LogP contribution in [0.2, 0.25) is 0 Å². The molecule has 2 aromatic rings. The van der Waals surface area contributed by atoms with Crippen LogP contribution in [0.25, 0.3) is 0 Å². The summed E-state index contributed by atoms with van der Waals surface area (Å²) in [5, 5.41) is 13.0. The number of rotatable bonds is 4. The number of carboxylic acid groups (broad SMARTS) is 1. The number of thioether (sulfide) groups is 2. The van der Waals surface area contributed by atoms with Crippen molar-refractivity contribution in [3.8, 4) is 0 Å². The van der Waals surface area contributed by atoms with Crippen LogP contribution in [-0.4, -0.2) is 48.9 Å². The van der Waals surface area contributed by atoms with E-state index in [0.29, 0.717) is 5.92 Å². The first kappa shape index (κ1) is 21.0. The summed E-state index contributed by atoms with van der Waals surface area (Å²) in [6, 6.07) is 4.39. The van der Waals surface area contributed by atoms with E-state index in [1.807, 2.05) is 52.9 Å². The topological polar surface area (TPSA) is 94.0 Å².